The number of carbonyl (C=O) groups is 1. The number of benzene rings is 1. The van der Waals surface area contributed by atoms with Gasteiger partial charge >= 0.3 is 0 Å². The second kappa shape index (κ2) is 9.21. The third-order valence-corrected chi connectivity index (χ3v) is 4.17. The molecule has 1 aliphatic carbocycles. The summed E-state index contributed by atoms with van der Waals surface area (Å²) in [4.78, 5) is 12.4. The van der Waals surface area contributed by atoms with Crippen molar-refractivity contribution in [1.82, 2.24) is 5.32 Å². The van der Waals surface area contributed by atoms with Crippen LogP contribution in [0.4, 0.5) is 0 Å². The van der Waals surface area contributed by atoms with Crippen molar-refractivity contribution in [3.63, 3.8) is 0 Å². The molecule has 0 radical (unpaired) electrons. The molecule has 23 heavy (non-hydrogen) atoms. The summed E-state index contributed by atoms with van der Waals surface area (Å²) in [6, 6.07) is 3.69. The first-order valence-electron chi connectivity index (χ1n) is 7.62. The number of rotatable bonds is 5. The summed E-state index contributed by atoms with van der Waals surface area (Å²) in [7, 11) is 1.53. The van der Waals surface area contributed by atoms with Gasteiger partial charge in [0.05, 0.1) is 18.7 Å². The molecule has 0 unspecified atom stereocenters. The molecule has 1 aromatic rings. The van der Waals surface area contributed by atoms with Gasteiger partial charge in [-0.1, -0.05) is 11.6 Å². The van der Waals surface area contributed by atoms with Crippen LogP contribution in [0.2, 0.25) is 5.02 Å². The van der Waals surface area contributed by atoms with Gasteiger partial charge in [-0.25, -0.2) is 0 Å². The van der Waals surface area contributed by atoms with Crippen molar-refractivity contribution in [3.05, 3.63) is 22.7 Å². The molecular weight excluding hydrogens is 339 g/mol. The molecule has 130 valence electrons. The molecule has 0 aliphatic heterocycles. The van der Waals surface area contributed by atoms with Gasteiger partial charge in [0.25, 0.3) is 5.91 Å². The molecule has 0 bridgehead atoms. The highest BCUT2D eigenvalue weighted by Gasteiger charge is 2.22. The Bertz CT molecular complexity index is 532. The predicted octanol–water partition coefficient (Wildman–Crippen LogP) is 3.17. The summed E-state index contributed by atoms with van der Waals surface area (Å²) in [6.07, 6.45) is 3.71. The molecule has 0 atom stereocenters. The lowest BCUT2D eigenvalue weighted by Gasteiger charge is -2.27. The summed E-state index contributed by atoms with van der Waals surface area (Å²) in [5.41, 5.74) is 6.35. The molecule has 2 rings (SSSR count). The lowest BCUT2D eigenvalue weighted by atomic mass is 9.91. The van der Waals surface area contributed by atoms with E-state index >= 15 is 0 Å². The van der Waals surface area contributed by atoms with Gasteiger partial charge < -0.3 is 20.5 Å². The smallest absolute Gasteiger partial charge is 0.251 e. The molecule has 5 nitrogen and oxygen atoms in total. The van der Waals surface area contributed by atoms with Crippen molar-refractivity contribution in [2.75, 3.05) is 13.7 Å². The molecule has 3 N–H and O–H groups in total. The van der Waals surface area contributed by atoms with E-state index in [9.17, 15) is 4.79 Å². The van der Waals surface area contributed by atoms with Crippen LogP contribution in [0.3, 0.4) is 0 Å². The van der Waals surface area contributed by atoms with Crippen LogP contribution in [-0.4, -0.2) is 31.7 Å². The summed E-state index contributed by atoms with van der Waals surface area (Å²) in [5.74, 6) is 0.778. The van der Waals surface area contributed by atoms with Crippen LogP contribution in [0.5, 0.6) is 11.5 Å². The number of ether oxygens (including phenoxy) is 2. The standard InChI is InChI=1S/C16H23ClN2O3.ClH/c1-3-22-15-13(17)8-10(9-14(15)21-2)16(20)19-12-6-4-11(18)5-7-12;/h8-9,11-12H,3-7,18H2,1-2H3,(H,19,20);1H. The minimum absolute atomic E-state index is 0. The highest BCUT2D eigenvalue weighted by molar-refractivity contribution is 6.32. The van der Waals surface area contributed by atoms with Crippen molar-refractivity contribution in [2.45, 2.75) is 44.7 Å². The van der Waals surface area contributed by atoms with E-state index in [1.165, 1.54) is 7.11 Å². The van der Waals surface area contributed by atoms with Gasteiger partial charge in [-0.15, -0.1) is 12.4 Å². The Morgan fingerprint density at radius 3 is 2.57 bits per heavy atom. The van der Waals surface area contributed by atoms with E-state index in [-0.39, 0.29) is 30.4 Å². The van der Waals surface area contributed by atoms with Gasteiger partial charge in [0.2, 0.25) is 0 Å². The van der Waals surface area contributed by atoms with Crippen molar-refractivity contribution in [2.24, 2.45) is 5.73 Å². The molecule has 1 saturated carbocycles. The molecule has 0 aromatic heterocycles. The van der Waals surface area contributed by atoms with Crippen molar-refractivity contribution < 1.29 is 14.3 Å². The molecule has 1 aromatic carbocycles. The Morgan fingerprint density at radius 1 is 1.35 bits per heavy atom. The van der Waals surface area contributed by atoms with E-state index in [1.54, 1.807) is 12.1 Å². The monoisotopic (exact) mass is 362 g/mol. The van der Waals surface area contributed by atoms with Gasteiger partial charge in [-0.3, -0.25) is 4.79 Å². The Labute approximate surface area is 148 Å². The Hall–Kier alpha value is -1.17. The zero-order valence-corrected chi connectivity index (χ0v) is 15.0. The number of halogens is 2. The van der Waals surface area contributed by atoms with E-state index < -0.39 is 0 Å². The van der Waals surface area contributed by atoms with E-state index in [4.69, 9.17) is 26.8 Å². The normalized spacial score (nSPS) is 20.3. The second-order valence-electron chi connectivity index (χ2n) is 5.51. The topological polar surface area (TPSA) is 73.6 Å². The molecule has 1 fully saturated rings. The first kappa shape index (κ1) is 19.9. The predicted molar refractivity (Wildman–Crippen MR) is 94.1 cm³/mol. The Balaban J connectivity index is 0.00000264. The Morgan fingerprint density at radius 2 is 2.00 bits per heavy atom. The van der Waals surface area contributed by atoms with E-state index in [2.05, 4.69) is 5.32 Å². The highest BCUT2D eigenvalue weighted by Crippen LogP contribution is 2.36. The lowest BCUT2D eigenvalue weighted by molar-refractivity contribution is 0.0925. The third-order valence-electron chi connectivity index (χ3n) is 3.89. The molecule has 1 amide bonds. The molecular formula is C16H24Cl2N2O3. The minimum Gasteiger partial charge on any atom is -0.493 e. The number of amides is 1. The molecule has 0 saturated heterocycles. The lowest BCUT2D eigenvalue weighted by Crippen LogP contribution is -2.40. The number of hydrogen-bond donors (Lipinski definition) is 2. The fraction of sp³-hybridized carbons (Fsp3) is 0.562. The number of hydrogen-bond acceptors (Lipinski definition) is 4. The van der Waals surface area contributed by atoms with Crippen molar-refractivity contribution >= 4 is 29.9 Å². The SMILES string of the molecule is CCOc1c(Cl)cc(C(=O)NC2CCC(N)CC2)cc1OC.Cl. The van der Waals surface area contributed by atoms with Crippen LogP contribution in [0.25, 0.3) is 0 Å². The largest absolute Gasteiger partial charge is 0.493 e. The minimum atomic E-state index is -0.149. The first-order chi connectivity index (χ1) is 10.5. The van der Waals surface area contributed by atoms with Crippen LogP contribution >= 0.6 is 24.0 Å². The van der Waals surface area contributed by atoms with Gasteiger partial charge in [-0.2, -0.15) is 0 Å². The van der Waals surface area contributed by atoms with Gasteiger partial charge in [0, 0.05) is 17.6 Å². The quantitative estimate of drug-likeness (QED) is 0.843. The fourth-order valence-electron chi connectivity index (χ4n) is 2.67. The number of nitrogens with two attached hydrogens (primary N) is 1. The first-order valence-corrected chi connectivity index (χ1v) is 7.99. The van der Waals surface area contributed by atoms with Gasteiger partial charge in [0.15, 0.2) is 11.5 Å². The molecule has 0 heterocycles. The number of carbonyl (C=O) groups excluding carboxylic acids is 1. The molecule has 1 aliphatic rings. The van der Waals surface area contributed by atoms with Crippen LogP contribution in [0.15, 0.2) is 12.1 Å². The number of nitrogens with one attached hydrogen (secondary N) is 1. The maximum atomic E-state index is 12.4. The average molecular weight is 363 g/mol. The van der Waals surface area contributed by atoms with Crippen molar-refractivity contribution in [3.8, 4) is 11.5 Å². The Kier molecular flexibility index (Phi) is 7.95. The average Bonchev–Trinajstić information content (AvgIpc) is 2.51. The summed E-state index contributed by atoms with van der Waals surface area (Å²) in [6.45, 7) is 2.34. The fourth-order valence-corrected chi connectivity index (χ4v) is 2.93. The van der Waals surface area contributed by atoms with Gasteiger partial charge in [0.1, 0.15) is 0 Å². The van der Waals surface area contributed by atoms with Crippen LogP contribution in [0.1, 0.15) is 43.0 Å². The highest BCUT2D eigenvalue weighted by atomic mass is 35.5. The molecule has 7 heteroatoms. The maximum absolute atomic E-state index is 12.4. The zero-order chi connectivity index (χ0) is 16.1. The second-order valence-corrected chi connectivity index (χ2v) is 5.91. The van der Waals surface area contributed by atoms with Crippen LogP contribution in [0, 0.1) is 0 Å². The van der Waals surface area contributed by atoms with Crippen LogP contribution in [-0.2, 0) is 0 Å². The van der Waals surface area contributed by atoms with E-state index in [1.807, 2.05) is 6.92 Å². The number of methoxy groups -OCH3 is 1. The van der Waals surface area contributed by atoms with E-state index in [0.29, 0.717) is 28.7 Å². The third kappa shape index (κ3) is 5.16. The van der Waals surface area contributed by atoms with Crippen LogP contribution < -0.4 is 20.5 Å². The van der Waals surface area contributed by atoms with Gasteiger partial charge in [-0.05, 0) is 44.7 Å². The summed E-state index contributed by atoms with van der Waals surface area (Å²) in [5, 5.41) is 3.41. The molecule has 0 spiro atoms. The van der Waals surface area contributed by atoms with Crippen molar-refractivity contribution in [1.29, 1.82) is 0 Å². The summed E-state index contributed by atoms with van der Waals surface area (Å²) >= 11 is 6.20. The zero-order valence-electron chi connectivity index (χ0n) is 13.4. The maximum Gasteiger partial charge on any atom is 0.251 e. The van der Waals surface area contributed by atoms with E-state index in [0.717, 1.165) is 25.7 Å². The summed E-state index contributed by atoms with van der Waals surface area (Å²) < 4.78 is 10.7.